The zero-order valence-electron chi connectivity index (χ0n) is 16.2. The van der Waals surface area contributed by atoms with Crippen LogP contribution < -0.4 is 14.4 Å². The third-order valence-electron chi connectivity index (χ3n) is 4.69. The molecule has 0 atom stereocenters. The quantitative estimate of drug-likeness (QED) is 0.706. The van der Waals surface area contributed by atoms with Gasteiger partial charge in [-0.2, -0.15) is 8.78 Å². The van der Waals surface area contributed by atoms with Crippen LogP contribution in [0.2, 0.25) is 0 Å². The van der Waals surface area contributed by atoms with E-state index in [1.165, 1.54) is 18.1 Å². The Morgan fingerprint density at radius 1 is 1.21 bits per heavy atom. The molecule has 0 spiro atoms. The van der Waals surface area contributed by atoms with E-state index >= 15 is 0 Å². The molecule has 1 saturated heterocycles. The number of hydrogen-bond donors (Lipinski definition) is 0. The molecule has 1 heterocycles. The van der Waals surface area contributed by atoms with Gasteiger partial charge in [0.25, 0.3) is 5.91 Å². The van der Waals surface area contributed by atoms with Crippen LogP contribution in [0, 0.1) is 0 Å². The second-order valence-corrected chi connectivity index (χ2v) is 6.72. The van der Waals surface area contributed by atoms with Crippen LogP contribution in [0.1, 0.15) is 28.8 Å². The molecule has 1 fully saturated rings. The van der Waals surface area contributed by atoms with E-state index in [1.807, 2.05) is 6.07 Å². The van der Waals surface area contributed by atoms with Crippen molar-refractivity contribution in [3.05, 3.63) is 53.6 Å². The van der Waals surface area contributed by atoms with Crippen molar-refractivity contribution < 1.29 is 27.8 Å². The lowest BCUT2D eigenvalue weighted by Gasteiger charge is -2.20. The molecule has 2 amide bonds. The number of halogens is 2. The van der Waals surface area contributed by atoms with Gasteiger partial charge in [-0.3, -0.25) is 9.59 Å². The Hall–Kier alpha value is -3.16. The van der Waals surface area contributed by atoms with Crippen LogP contribution in [0.5, 0.6) is 11.5 Å². The predicted octanol–water partition coefficient (Wildman–Crippen LogP) is 3.70. The van der Waals surface area contributed by atoms with E-state index in [0.29, 0.717) is 29.8 Å². The molecule has 1 aliphatic heterocycles. The number of alkyl halides is 2. The van der Waals surface area contributed by atoms with Gasteiger partial charge in [-0.05, 0) is 42.3 Å². The van der Waals surface area contributed by atoms with Gasteiger partial charge < -0.3 is 19.3 Å². The van der Waals surface area contributed by atoms with Gasteiger partial charge in [-0.1, -0.05) is 12.1 Å². The molecule has 1 aliphatic rings. The Balaban J connectivity index is 1.73. The molecule has 3 rings (SSSR count). The lowest BCUT2D eigenvalue weighted by atomic mass is 10.1. The molecule has 0 N–H and O–H groups in total. The van der Waals surface area contributed by atoms with Gasteiger partial charge in [0.1, 0.15) is 0 Å². The maximum atomic E-state index is 12.8. The molecular weight excluding hydrogens is 382 g/mol. The van der Waals surface area contributed by atoms with Gasteiger partial charge in [0, 0.05) is 37.8 Å². The Kier molecular flexibility index (Phi) is 6.31. The molecule has 0 aromatic heterocycles. The Labute approximate surface area is 167 Å². The van der Waals surface area contributed by atoms with E-state index in [-0.39, 0.29) is 29.9 Å². The highest BCUT2D eigenvalue weighted by molar-refractivity contribution is 5.99. The van der Waals surface area contributed by atoms with Crippen molar-refractivity contribution in [2.24, 2.45) is 0 Å². The molecule has 8 heteroatoms. The van der Waals surface area contributed by atoms with Crippen LogP contribution in [-0.4, -0.2) is 44.0 Å². The summed E-state index contributed by atoms with van der Waals surface area (Å²) >= 11 is 0. The minimum atomic E-state index is -2.95. The van der Waals surface area contributed by atoms with Gasteiger partial charge in [-0.15, -0.1) is 0 Å². The maximum absolute atomic E-state index is 12.8. The second-order valence-electron chi connectivity index (χ2n) is 6.72. The van der Waals surface area contributed by atoms with Gasteiger partial charge in [0.05, 0.1) is 7.11 Å². The second kappa shape index (κ2) is 8.89. The Bertz CT molecular complexity index is 904. The normalized spacial score (nSPS) is 13.7. The number of benzene rings is 2. The summed E-state index contributed by atoms with van der Waals surface area (Å²) in [5.74, 6) is -0.0621. The first-order chi connectivity index (χ1) is 13.9. The summed E-state index contributed by atoms with van der Waals surface area (Å²) in [4.78, 5) is 28.0. The van der Waals surface area contributed by atoms with Crippen LogP contribution in [-0.2, 0) is 11.3 Å². The number of anilines is 1. The molecule has 29 heavy (non-hydrogen) atoms. The Morgan fingerprint density at radius 3 is 2.66 bits per heavy atom. The highest BCUT2D eigenvalue weighted by atomic mass is 19.3. The van der Waals surface area contributed by atoms with E-state index in [4.69, 9.17) is 4.74 Å². The number of rotatable bonds is 7. The molecule has 2 aromatic carbocycles. The van der Waals surface area contributed by atoms with Crippen LogP contribution in [0.3, 0.4) is 0 Å². The zero-order valence-corrected chi connectivity index (χ0v) is 16.2. The van der Waals surface area contributed by atoms with Crippen molar-refractivity contribution >= 4 is 17.5 Å². The summed E-state index contributed by atoms with van der Waals surface area (Å²) < 4.78 is 34.4. The fourth-order valence-corrected chi connectivity index (χ4v) is 3.30. The van der Waals surface area contributed by atoms with E-state index in [9.17, 15) is 18.4 Å². The minimum absolute atomic E-state index is 0.0566. The van der Waals surface area contributed by atoms with E-state index in [0.717, 1.165) is 6.42 Å². The molecule has 6 nitrogen and oxygen atoms in total. The van der Waals surface area contributed by atoms with Crippen LogP contribution in [0.4, 0.5) is 14.5 Å². The third kappa shape index (κ3) is 4.82. The van der Waals surface area contributed by atoms with Gasteiger partial charge in [0.15, 0.2) is 11.5 Å². The monoisotopic (exact) mass is 404 g/mol. The average Bonchev–Trinajstić information content (AvgIpc) is 3.14. The largest absolute Gasteiger partial charge is 0.493 e. The van der Waals surface area contributed by atoms with Crippen LogP contribution in [0.25, 0.3) is 0 Å². The molecule has 154 valence electrons. The van der Waals surface area contributed by atoms with E-state index in [2.05, 4.69) is 4.74 Å². The van der Waals surface area contributed by atoms with E-state index < -0.39 is 6.61 Å². The van der Waals surface area contributed by atoms with Crippen molar-refractivity contribution in [3.63, 3.8) is 0 Å². The molecular formula is C21H22F2N2O4. The summed E-state index contributed by atoms with van der Waals surface area (Å²) in [6, 6.07) is 11.5. The van der Waals surface area contributed by atoms with Gasteiger partial charge >= 0.3 is 6.61 Å². The third-order valence-corrected chi connectivity index (χ3v) is 4.69. The summed E-state index contributed by atoms with van der Waals surface area (Å²) in [7, 11) is 3.00. The Morgan fingerprint density at radius 2 is 2.00 bits per heavy atom. The van der Waals surface area contributed by atoms with Crippen molar-refractivity contribution in [2.45, 2.75) is 26.0 Å². The van der Waals surface area contributed by atoms with Gasteiger partial charge in [-0.25, -0.2) is 0 Å². The summed E-state index contributed by atoms with van der Waals surface area (Å²) in [5.41, 5.74) is 1.88. The molecule has 0 unspecified atom stereocenters. The number of carbonyl (C=O) groups is 2. The highest BCUT2D eigenvalue weighted by Crippen LogP contribution is 2.30. The average molecular weight is 404 g/mol. The fourth-order valence-electron chi connectivity index (χ4n) is 3.30. The first kappa shape index (κ1) is 20.6. The highest BCUT2D eigenvalue weighted by Gasteiger charge is 2.23. The van der Waals surface area contributed by atoms with Crippen LogP contribution in [0.15, 0.2) is 42.5 Å². The molecule has 0 aliphatic carbocycles. The number of ether oxygens (including phenoxy) is 2. The topological polar surface area (TPSA) is 59.1 Å². The lowest BCUT2D eigenvalue weighted by molar-refractivity contribution is -0.117. The van der Waals surface area contributed by atoms with Crippen molar-refractivity contribution in [1.29, 1.82) is 0 Å². The van der Waals surface area contributed by atoms with Crippen molar-refractivity contribution in [3.8, 4) is 11.5 Å². The number of carbonyl (C=O) groups excluding carboxylic acids is 2. The first-order valence-electron chi connectivity index (χ1n) is 9.16. The summed E-state index contributed by atoms with van der Waals surface area (Å²) in [6.07, 6.45) is 1.33. The zero-order chi connectivity index (χ0) is 21.0. The summed E-state index contributed by atoms with van der Waals surface area (Å²) in [5, 5.41) is 0. The number of nitrogens with zero attached hydrogens (tertiary/aromatic N) is 2. The molecule has 0 saturated carbocycles. The smallest absolute Gasteiger partial charge is 0.387 e. The number of amides is 2. The SMILES string of the molecule is COc1cc(CN(C)C(=O)c2cccc(N3CCCC3=O)c2)ccc1OC(F)F. The first-order valence-corrected chi connectivity index (χ1v) is 9.16. The summed E-state index contributed by atoms with van der Waals surface area (Å²) in [6.45, 7) is -2.05. The molecule has 0 radical (unpaired) electrons. The minimum Gasteiger partial charge on any atom is -0.493 e. The number of methoxy groups -OCH3 is 1. The van der Waals surface area contributed by atoms with Crippen molar-refractivity contribution in [2.75, 3.05) is 25.6 Å². The van der Waals surface area contributed by atoms with E-state index in [1.54, 1.807) is 42.3 Å². The predicted molar refractivity (Wildman–Crippen MR) is 103 cm³/mol. The standard InChI is InChI=1S/C21H22F2N2O4/c1-24(13-14-8-9-17(29-21(22)23)18(11-14)28-2)20(27)15-5-3-6-16(12-15)25-10-4-7-19(25)26/h3,5-6,8-9,11-12,21H,4,7,10,13H2,1-2H3. The fraction of sp³-hybridized carbons (Fsp3) is 0.333. The number of hydrogen-bond acceptors (Lipinski definition) is 4. The molecule has 0 bridgehead atoms. The van der Waals surface area contributed by atoms with Crippen molar-refractivity contribution in [1.82, 2.24) is 4.90 Å². The lowest BCUT2D eigenvalue weighted by Crippen LogP contribution is -2.27. The molecule has 2 aromatic rings. The van der Waals surface area contributed by atoms with Gasteiger partial charge in [0.2, 0.25) is 5.91 Å². The maximum Gasteiger partial charge on any atom is 0.387 e. The van der Waals surface area contributed by atoms with Crippen LogP contribution >= 0.6 is 0 Å².